The van der Waals surface area contributed by atoms with Crippen molar-refractivity contribution >= 4 is 11.9 Å². The fourth-order valence-corrected chi connectivity index (χ4v) is 2.50. The lowest BCUT2D eigenvalue weighted by Gasteiger charge is -2.34. The van der Waals surface area contributed by atoms with Crippen LogP contribution in [0, 0.1) is 0 Å². The minimum Gasteiger partial charge on any atom is -0.368 e. The maximum absolute atomic E-state index is 5.91. The van der Waals surface area contributed by atoms with Crippen LogP contribution in [-0.4, -0.2) is 39.5 Å². The van der Waals surface area contributed by atoms with E-state index in [2.05, 4.69) is 22.6 Å². The van der Waals surface area contributed by atoms with Crippen LogP contribution in [0.25, 0.3) is 0 Å². The van der Waals surface area contributed by atoms with Crippen LogP contribution in [0.15, 0.2) is 12.4 Å². The second-order valence-corrected chi connectivity index (χ2v) is 4.79. The molecule has 1 aliphatic heterocycles. The number of morpholine rings is 1. The fourth-order valence-electron chi connectivity index (χ4n) is 1.85. The molecule has 0 aliphatic carbocycles. The highest BCUT2D eigenvalue weighted by Gasteiger charge is 2.26. The van der Waals surface area contributed by atoms with Gasteiger partial charge in [-0.05, 0) is 13.2 Å². The molecule has 0 spiro atoms. The third-order valence-corrected chi connectivity index (χ3v) is 3.40. The fraction of sp³-hybridized carbons (Fsp3) is 0.700. The highest BCUT2D eigenvalue weighted by atomic mass is 32.2. The monoisotopic (exact) mass is 227 g/mol. The number of aromatic nitrogens is 2. The van der Waals surface area contributed by atoms with Gasteiger partial charge in [-0.1, -0.05) is 11.9 Å². The average Bonchev–Trinajstić information content (AvgIpc) is 2.64. The van der Waals surface area contributed by atoms with E-state index in [0.29, 0.717) is 0 Å². The molecule has 84 valence electrons. The zero-order valence-electron chi connectivity index (χ0n) is 9.38. The van der Waals surface area contributed by atoms with Gasteiger partial charge in [-0.15, -0.1) is 0 Å². The molecule has 2 rings (SSSR count). The van der Waals surface area contributed by atoms with Crippen LogP contribution in [-0.2, 0) is 11.8 Å². The smallest absolute Gasteiger partial charge is 0.0995 e. The summed E-state index contributed by atoms with van der Waals surface area (Å²) >= 11 is 1.78. The van der Waals surface area contributed by atoms with E-state index in [1.54, 1.807) is 11.9 Å². The van der Waals surface area contributed by atoms with Gasteiger partial charge in [-0.3, -0.25) is 4.68 Å². The molecule has 5 heteroatoms. The Kier molecular flexibility index (Phi) is 3.33. The van der Waals surface area contributed by atoms with Gasteiger partial charge in [0.25, 0.3) is 0 Å². The number of rotatable bonds is 2. The molecule has 4 nitrogen and oxygen atoms in total. The summed E-state index contributed by atoms with van der Waals surface area (Å²) in [6, 6.07) is 0. The van der Waals surface area contributed by atoms with E-state index in [9.17, 15) is 0 Å². The molecular formula is C10H17N3OS. The molecule has 0 radical (unpaired) electrons. The maximum Gasteiger partial charge on any atom is 0.0995 e. The minimum absolute atomic E-state index is 0.162. The van der Waals surface area contributed by atoms with Crippen molar-refractivity contribution in [3.63, 3.8) is 0 Å². The molecule has 0 saturated carbocycles. The number of hydrogen-bond donors (Lipinski definition) is 0. The predicted molar refractivity (Wildman–Crippen MR) is 61.6 cm³/mol. The summed E-state index contributed by atoms with van der Waals surface area (Å²) in [6.45, 7) is 4.06. The number of ether oxygens (including phenoxy) is 1. The van der Waals surface area contributed by atoms with E-state index in [4.69, 9.17) is 4.74 Å². The van der Waals surface area contributed by atoms with E-state index in [-0.39, 0.29) is 12.2 Å². The number of aryl methyl sites for hydroxylation is 1. The predicted octanol–water partition coefficient (Wildman–Crippen LogP) is 1.46. The van der Waals surface area contributed by atoms with Crippen molar-refractivity contribution in [2.45, 2.75) is 19.1 Å². The van der Waals surface area contributed by atoms with Gasteiger partial charge in [0.15, 0.2) is 0 Å². The second kappa shape index (κ2) is 4.55. The Hall–Kier alpha value is -0.520. The quantitative estimate of drug-likeness (QED) is 0.716. The third-order valence-electron chi connectivity index (χ3n) is 2.58. The van der Waals surface area contributed by atoms with E-state index >= 15 is 0 Å². The lowest BCUT2D eigenvalue weighted by Crippen LogP contribution is -2.38. The second-order valence-electron chi connectivity index (χ2n) is 3.91. The summed E-state index contributed by atoms with van der Waals surface area (Å²) in [6.07, 6.45) is 6.48. The Balaban J connectivity index is 2.08. The third kappa shape index (κ3) is 2.53. The summed E-state index contributed by atoms with van der Waals surface area (Å²) in [5.41, 5.74) is 1.17. The van der Waals surface area contributed by atoms with Crippen molar-refractivity contribution in [2.24, 2.45) is 7.05 Å². The molecule has 1 aromatic heterocycles. The van der Waals surface area contributed by atoms with Gasteiger partial charge < -0.3 is 4.74 Å². The van der Waals surface area contributed by atoms with Crippen molar-refractivity contribution < 1.29 is 4.74 Å². The number of nitrogens with zero attached hydrogens (tertiary/aromatic N) is 3. The standard InChI is InChI=1S/C10H17N3OS/c1-8-5-13(15-3)7-10(14-8)9-4-11-12(2)6-9/h4,6,8,10H,5,7H2,1-3H3/t8-,10-/m1/s1. The van der Waals surface area contributed by atoms with Crippen LogP contribution in [0.4, 0.5) is 0 Å². The molecule has 1 saturated heterocycles. The van der Waals surface area contributed by atoms with Gasteiger partial charge >= 0.3 is 0 Å². The van der Waals surface area contributed by atoms with E-state index < -0.39 is 0 Å². The van der Waals surface area contributed by atoms with Crippen LogP contribution in [0.2, 0.25) is 0 Å². The Morgan fingerprint density at radius 3 is 2.93 bits per heavy atom. The van der Waals surface area contributed by atoms with Crippen LogP contribution < -0.4 is 0 Å². The van der Waals surface area contributed by atoms with E-state index in [0.717, 1.165) is 13.1 Å². The normalized spacial score (nSPS) is 28.2. The summed E-state index contributed by atoms with van der Waals surface area (Å²) in [4.78, 5) is 0. The first-order chi connectivity index (χ1) is 7.19. The highest BCUT2D eigenvalue weighted by Crippen LogP contribution is 2.27. The molecule has 1 fully saturated rings. The first-order valence-corrected chi connectivity index (χ1v) is 6.30. The van der Waals surface area contributed by atoms with Gasteiger partial charge in [0, 0.05) is 31.9 Å². The Morgan fingerprint density at radius 1 is 1.53 bits per heavy atom. The van der Waals surface area contributed by atoms with Crippen LogP contribution >= 0.6 is 11.9 Å². The van der Waals surface area contributed by atoms with Gasteiger partial charge in [0.05, 0.1) is 18.4 Å². The summed E-state index contributed by atoms with van der Waals surface area (Å²) in [5, 5.41) is 4.18. The topological polar surface area (TPSA) is 30.3 Å². The lowest BCUT2D eigenvalue weighted by atomic mass is 10.1. The zero-order chi connectivity index (χ0) is 10.8. The summed E-state index contributed by atoms with van der Waals surface area (Å²) < 4.78 is 10.1. The molecule has 1 aromatic rings. The van der Waals surface area contributed by atoms with E-state index in [1.165, 1.54) is 5.56 Å². The van der Waals surface area contributed by atoms with E-state index in [1.807, 2.05) is 24.1 Å². The van der Waals surface area contributed by atoms with Crippen molar-refractivity contribution in [3.8, 4) is 0 Å². The number of hydrogen-bond acceptors (Lipinski definition) is 4. The molecule has 0 bridgehead atoms. The van der Waals surface area contributed by atoms with Crippen LogP contribution in [0.3, 0.4) is 0 Å². The maximum atomic E-state index is 5.91. The summed E-state index contributed by atoms with van der Waals surface area (Å²) in [7, 11) is 1.93. The minimum atomic E-state index is 0.162. The van der Waals surface area contributed by atoms with Crippen LogP contribution in [0.1, 0.15) is 18.6 Å². The Bertz CT molecular complexity index is 328. The highest BCUT2D eigenvalue weighted by molar-refractivity contribution is 7.96. The Morgan fingerprint density at radius 2 is 2.33 bits per heavy atom. The molecule has 0 aromatic carbocycles. The van der Waals surface area contributed by atoms with Crippen molar-refractivity contribution in [2.75, 3.05) is 19.3 Å². The zero-order valence-corrected chi connectivity index (χ0v) is 10.2. The van der Waals surface area contributed by atoms with Crippen molar-refractivity contribution in [1.29, 1.82) is 0 Å². The lowest BCUT2D eigenvalue weighted by molar-refractivity contribution is -0.0530. The van der Waals surface area contributed by atoms with Crippen molar-refractivity contribution in [1.82, 2.24) is 14.1 Å². The van der Waals surface area contributed by atoms with Gasteiger partial charge in [0.2, 0.25) is 0 Å². The SMILES string of the molecule is CSN1C[C@@H](C)O[C@@H](c2cnn(C)c2)C1. The van der Waals surface area contributed by atoms with Gasteiger partial charge in [0.1, 0.15) is 0 Å². The molecule has 0 unspecified atom stereocenters. The van der Waals surface area contributed by atoms with Crippen LogP contribution in [0.5, 0.6) is 0 Å². The molecule has 15 heavy (non-hydrogen) atoms. The molecule has 0 amide bonds. The molecule has 1 aliphatic rings. The largest absolute Gasteiger partial charge is 0.368 e. The Labute approximate surface area is 94.7 Å². The van der Waals surface area contributed by atoms with Crippen molar-refractivity contribution in [3.05, 3.63) is 18.0 Å². The van der Waals surface area contributed by atoms with Gasteiger partial charge in [-0.2, -0.15) is 5.10 Å². The molecule has 2 atom stereocenters. The first-order valence-electron chi connectivity index (χ1n) is 5.12. The molecular weight excluding hydrogens is 210 g/mol. The first kappa shape index (κ1) is 11.0. The molecule has 2 heterocycles. The average molecular weight is 227 g/mol. The summed E-state index contributed by atoms with van der Waals surface area (Å²) in [5.74, 6) is 0. The van der Waals surface area contributed by atoms with Gasteiger partial charge in [-0.25, -0.2) is 4.31 Å². The molecule has 0 N–H and O–H groups in total.